The number of para-hydroxylation sites is 1. The van der Waals surface area contributed by atoms with E-state index in [0.29, 0.717) is 18.1 Å². The van der Waals surface area contributed by atoms with Gasteiger partial charge in [-0.15, -0.1) is 0 Å². The number of benzene rings is 2. The Morgan fingerprint density at radius 1 is 1.19 bits per heavy atom. The Morgan fingerprint density at radius 3 is 2.70 bits per heavy atom. The molecule has 0 atom stereocenters. The molecule has 1 aromatic heterocycles. The number of nitrogens with zero attached hydrogens (tertiary/aromatic N) is 3. The van der Waals surface area contributed by atoms with Crippen molar-refractivity contribution in [3.8, 4) is 0 Å². The van der Waals surface area contributed by atoms with Crippen LogP contribution in [0.1, 0.15) is 37.8 Å². The minimum absolute atomic E-state index is 0.299. The van der Waals surface area contributed by atoms with Crippen molar-refractivity contribution in [2.45, 2.75) is 32.1 Å². The zero-order valence-electron chi connectivity index (χ0n) is 15.5. The molecule has 0 radical (unpaired) electrons. The normalized spacial score (nSPS) is 16.1. The molecule has 1 aliphatic rings. The third kappa shape index (κ3) is 3.82. The minimum Gasteiger partial charge on any atom is -0.356 e. The average Bonchev–Trinajstić information content (AvgIpc) is 3.12. The molecule has 0 N–H and O–H groups in total. The fraction of sp³-hybridized carbons (Fsp3) is 0.381. The lowest BCUT2D eigenvalue weighted by Crippen LogP contribution is -2.47. The van der Waals surface area contributed by atoms with Crippen LogP contribution in [0.5, 0.6) is 0 Å². The maximum absolute atomic E-state index is 13.4. The lowest BCUT2D eigenvalue weighted by atomic mass is 9.92. The Hall–Kier alpha value is -2.44. The molecule has 0 aliphatic carbocycles. The summed E-state index contributed by atoms with van der Waals surface area (Å²) in [5, 5.41) is 9.31. The molecule has 5 nitrogen and oxygen atoms in total. The first kappa shape index (κ1) is 17.9. The third-order valence-electron chi connectivity index (χ3n) is 4.97. The Bertz CT molecular complexity index is 876. The second-order valence-electron chi connectivity index (χ2n) is 6.88. The lowest BCUT2D eigenvalue weighted by Gasteiger charge is -2.39. The van der Waals surface area contributed by atoms with Crippen LogP contribution in [-0.4, -0.2) is 29.9 Å². The summed E-state index contributed by atoms with van der Waals surface area (Å²) in [5.74, 6) is 0.00311. The molecule has 3 aromatic rings. The number of aromatic nitrogens is 1. The van der Waals surface area contributed by atoms with E-state index in [1.165, 1.54) is 12.1 Å². The molecular weight excluding hydrogens is 345 g/mol. The van der Waals surface area contributed by atoms with Gasteiger partial charge in [0.25, 0.3) is 0 Å². The molecule has 1 fully saturated rings. The molecule has 0 amide bonds. The van der Waals surface area contributed by atoms with E-state index in [2.05, 4.69) is 29.2 Å². The number of rotatable bonds is 6. The van der Waals surface area contributed by atoms with Gasteiger partial charge in [0, 0.05) is 30.5 Å². The van der Waals surface area contributed by atoms with Crippen molar-refractivity contribution in [2.24, 2.45) is 0 Å². The molecule has 1 aliphatic heterocycles. The number of piperidine rings is 1. The molecule has 142 valence electrons. The molecular formula is C21H24FN3O2. The van der Waals surface area contributed by atoms with Crippen LogP contribution in [0.4, 0.5) is 10.1 Å². The van der Waals surface area contributed by atoms with E-state index in [-0.39, 0.29) is 5.82 Å². The van der Waals surface area contributed by atoms with E-state index >= 15 is 0 Å². The van der Waals surface area contributed by atoms with Crippen molar-refractivity contribution >= 4 is 16.7 Å². The summed E-state index contributed by atoms with van der Waals surface area (Å²) in [6, 6.07) is 14.8. The van der Waals surface area contributed by atoms with Gasteiger partial charge in [0.05, 0.1) is 18.0 Å². The summed E-state index contributed by atoms with van der Waals surface area (Å²) in [6.07, 6.45) is 2.84. The highest BCUT2D eigenvalue weighted by Gasteiger charge is 2.28. The van der Waals surface area contributed by atoms with Gasteiger partial charge in [0.2, 0.25) is 0 Å². The quantitative estimate of drug-likeness (QED) is 0.578. The number of hydrogen-bond acceptors (Lipinski definition) is 5. The molecule has 0 spiro atoms. The summed E-state index contributed by atoms with van der Waals surface area (Å²) in [4.78, 5) is 6.01. The van der Waals surface area contributed by atoms with Crippen LogP contribution < -0.4 is 5.17 Å². The Balaban J connectivity index is 1.48. The Morgan fingerprint density at radius 2 is 1.96 bits per heavy atom. The average molecular weight is 369 g/mol. The molecule has 4 rings (SSSR count). The molecule has 0 saturated carbocycles. The number of hydrogen-bond donors (Lipinski definition) is 0. The molecule has 27 heavy (non-hydrogen) atoms. The van der Waals surface area contributed by atoms with Gasteiger partial charge in [0.15, 0.2) is 5.58 Å². The van der Waals surface area contributed by atoms with Gasteiger partial charge in [-0.05, 0) is 43.5 Å². The summed E-state index contributed by atoms with van der Waals surface area (Å²) >= 11 is 0. The van der Waals surface area contributed by atoms with Gasteiger partial charge >= 0.3 is 0 Å². The number of anilines is 1. The highest BCUT2D eigenvalue weighted by molar-refractivity contribution is 5.79. The standard InChI is InChI=1S/C21H24FN3O2/c1-2-14-26-25(18-6-4-3-5-7-18)24-12-10-16(11-13-24)21-19-9-8-17(22)15-20(19)27-23-21/h3-9,15-16H,2,10-14H2,1H3. The van der Waals surface area contributed by atoms with E-state index in [0.717, 1.165) is 49.1 Å². The van der Waals surface area contributed by atoms with E-state index in [4.69, 9.17) is 9.36 Å². The Labute approximate surface area is 158 Å². The zero-order valence-corrected chi connectivity index (χ0v) is 15.5. The second kappa shape index (κ2) is 8.06. The third-order valence-corrected chi connectivity index (χ3v) is 4.97. The largest absolute Gasteiger partial charge is 0.356 e. The summed E-state index contributed by atoms with van der Waals surface area (Å²) < 4.78 is 18.7. The van der Waals surface area contributed by atoms with Gasteiger partial charge in [0.1, 0.15) is 5.82 Å². The molecule has 2 heterocycles. The number of fused-ring (bicyclic) bond motifs is 1. The number of hydrazine groups is 1. The van der Waals surface area contributed by atoms with Crippen molar-refractivity contribution in [2.75, 3.05) is 24.9 Å². The zero-order chi connectivity index (χ0) is 18.6. The van der Waals surface area contributed by atoms with Gasteiger partial charge in [-0.2, -0.15) is 10.2 Å². The molecule has 0 bridgehead atoms. The van der Waals surface area contributed by atoms with Crippen molar-refractivity contribution < 1.29 is 13.8 Å². The summed E-state index contributed by atoms with van der Waals surface area (Å²) in [6.45, 7) is 4.50. The maximum atomic E-state index is 13.4. The van der Waals surface area contributed by atoms with Crippen LogP contribution in [0.3, 0.4) is 0 Å². The highest BCUT2D eigenvalue weighted by Crippen LogP contribution is 2.34. The molecule has 2 aromatic carbocycles. The molecule has 0 unspecified atom stereocenters. The summed E-state index contributed by atoms with van der Waals surface area (Å²) in [5.41, 5.74) is 2.49. The first-order valence-electron chi connectivity index (χ1n) is 9.54. The summed E-state index contributed by atoms with van der Waals surface area (Å²) in [7, 11) is 0. The monoisotopic (exact) mass is 369 g/mol. The van der Waals surface area contributed by atoms with E-state index in [1.807, 2.05) is 23.4 Å². The van der Waals surface area contributed by atoms with Crippen LogP contribution in [0.2, 0.25) is 0 Å². The Kier molecular flexibility index (Phi) is 5.36. The van der Waals surface area contributed by atoms with Crippen LogP contribution in [0.25, 0.3) is 11.0 Å². The molecule has 1 saturated heterocycles. The van der Waals surface area contributed by atoms with E-state index in [1.54, 1.807) is 6.07 Å². The van der Waals surface area contributed by atoms with Crippen LogP contribution in [0, 0.1) is 5.82 Å². The van der Waals surface area contributed by atoms with Gasteiger partial charge in [-0.1, -0.05) is 30.3 Å². The van der Waals surface area contributed by atoms with Crippen LogP contribution in [0.15, 0.2) is 53.1 Å². The highest BCUT2D eigenvalue weighted by atomic mass is 19.1. The van der Waals surface area contributed by atoms with Crippen molar-refractivity contribution in [1.82, 2.24) is 10.2 Å². The first-order valence-corrected chi connectivity index (χ1v) is 9.54. The minimum atomic E-state index is -0.299. The maximum Gasteiger partial charge on any atom is 0.170 e. The van der Waals surface area contributed by atoms with Crippen molar-refractivity contribution in [3.63, 3.8) is 0 Å². The van der Waals surface area contributed by atoms with Crippen molar-refractivity contribution in [1.29, 1.82) is 0 Å². The lowest BCUT2D eigenvalue weighted by molar-refractivity contribution is -0.0181. The van der Waals surface area contributed by atoms with Crippen LogP contribution >= 0.6 is 0 Å². The smallest absolute Gasteiger partial charge is 0.170 e. The SMILES string of the molecule is CCCON(c1ccccc1)N1CCC(c2noc3cc(F)ccc23)CC1. The first-order chi connectivity index (χ1) is 13.3. The number of halogens is 1. The molecule has 6 heteroatoms. The fourth-order valence-corrected chi connectivity index (χ4v) is 3.60. The predicted octanol–water partition coefficient (Wildman–Crippen LogP) is 4.91. The van der Waals surface area contributed by atoms with Crippen LogP contribution in [-0.2, 0) is 4.84 Å². The fourth-order valence-electron chi connectivity index (χ4n) is 3.60. The predicted molar refractivity (Wildman–Crippen MR) is 103 cm³/mol. The van der Waals surface area contributed by atoms with Gasteiger partial charge < -0.3 is 4.52 Å². The van der Waals surface area contributed by atoms with Gasteiger partial charge in [-0.3, -0.25) is 4.84 Å². The van der Waals surface area contributed by atoms with Gasteiger partial charge in [-0.25, -0.2) is 4.39 Å². The second-order valence-corrected chi connectivity index (χ2v) is 6.88. The van der Waals surface area contributed by atoms with E-state index < -0.39 is 0 Å². The van der Waals surface area contributed by atoms with E-state index in [9.17, 15) is 4.39 Å². The van der Waals surface area contributed by atoms with Crippen molar-refractivity contribution in [3.05, 3.63) is 60.0 Å². The topological polar surface area (TPSA) is 41.7 Å².